The number of carboxylic acids is 1. The zero-order chi connectivity index (χ0) is 20.4. The lowest BCUT2D eigenvalue weighted by atomic mass is 10.2. The summed E-state index contributed by atoms with van der Waals surface area (Å²) in [4.78, 5) is 36.8. The van der Waals surface area contributed by atoms with E-state index < -0.39 is 23.7 Å². The number of aliphatic carboxylic acids is 1. The first-order chi connectivity index (χ1) is 13.3. The van der Waals surface area contributed by atoms with Gasteiger partial charge in [-0.25, -0.2) is 9.69 Å². The maximum absolute atomic E-state index is 12.7. The fourth-order valence-corrected chi connectivity index (χ4v) is 4.03. The van der Waals surface area contributed by atoms with Crippen molar-refractivity contribution < 1.29 is 24.2 Å². The van der Waals surface area contributed by atoms with Gasteiger partial charge < -0.3 is 9.84 Å². The number of carbonyl (C=O) groups is 3. The number of benzene rings is 2. The van der Waals surface area contributed by atoms with Gasteiger partial charge in [0.05, 0.1) is 20.6 Å². The van der Waals surface area contributed by atoms with Gasteiger partial charge in [0.2, 0.25) is 0 Å². The van der Waals surface area contributed by atoms with Crippen molar-refractivity contribution in [2.75, 3.05) is 11.5 Å². The van der Waals surface area contributed by atoms with Crippen molar-refractivity contribution in [3.8, 4) is 5.75 Å². The molecule has 0 unspecified atom stereocenters. The summed E-state index contributed by atoms with van der Waals surface area (Å²) >= 11 is 18.9. The number of amides is 2. The fraction of sp³-hybridized carbons (Fsp3) is 0.0556. The summed E-state index contributed by atoms with van der Waals surface area (Å²) in [5.74, 6) is -1.66. The first kappa shape index (κ1) is 20.5. The Hall–Kier alpha value is -2.19. The molecule has 2 amide bonds. The predicted octanol–water partition coefficient (Wildman–Crippen LogP) is 5.35. The molecular formula is C18H10Cl3NO5S. The Kier molecular flexibility index (Phi) is 6.20. The highest BCUT2D eigenvalue weighted by Gasteiger charge is 2.36. The number of thioether (sulfide) groups is 1. The molecule has 6 nitrogen and oxygen atoms in total. The smallest absolute Gasteiger partial charge is 0.341 e. The van der Waals surface area contributed by atoms with Crippen LogP contribution in [0, 0.1) is 0 Å². The average molecular weight is 459 g/mol. The van der Waals surface area contributed by atoms with Gasteiger partial charge in [-0.2, -0.15) is 0 Å². The molecule has 1 saturated heterocycles. The van der Waals surface area contributed by atoms with Gasteiger partial charge in [0.25, 0.3) is 11.1 Å². The van der Waals surface area contributed by atoms with Crippen LogP contribution in [0.25, 0.3) is 6.08 Å². The van der Waals surface area contributed by atoms with Gasteiger partial charge in [-0.05, 0) is 53.7 Å². The third-order valence-electron chi connectivity index (χ3n) is 3.52. The molecular weight excluding hydrogens is 449 g/mol. The number of carbonyl (C=O) groups excluding carboxylic acids is 2. The van der Waals surface area contributed by atoms with E-state index in [1.165, 1.54) is 24.3 Å². The zero-order valence-corrected chi connectivity index (χ0v) is 16.9. The van der Waals surface area contributed by atoms with Gasteiger partial charge in [-0.15, -0.1) is 0 Å². The molecule has 2 aromatic carbocycles. The topological polar surface area (TPSA) is 83.9 Å². The van der Waals surface area contributed by atoms with Crippen molar-refractivity contribution in [1.82, 2.24) is 0 Å². The quantitative estimate of drug-likeness (QED) is 0.608. The van der Waals surface area contributed by atoms with E-state index in [9.17, 15) is 14.4 Å². The van der Waals surface area contributed by atoms with E-state index in [1.807, 2.05) is 0 Å². The molecule has 0 aliphatic carbocycles. The van der Waals surface area contributed by atoms with Crippen molar-refractivity contribution in [3.63, 3.8) is 0 Å². The zero-order valence-electron chi connectivity index (χ0n) is 13.8. The SMILES string of the molecule is O=C(O)COc1c(Cl)cc(/C=C2/SC(=O)N(c3cccc(Cl)c3)C2=O)cc1Cl. The third-order valence-corrected chi connectivity index (χ3v) is 5.18. The lowest BCUT2D eigenvalue weighted by Gasteiger charge is -2.12. The van der Waals surface area contributed by atoms with E-state index in [2.05, 4.69) is 0 Å². The molecule has 1 aliphatic rings. The number of hydrogen-bond donors (Lipinski definition) is 1. The lowest BCUT2D eigenvalue weighted by Crippen LogP contribution is -2.27. The summed E-state index contributed by atoms with van der Waals surface area (Å²) in [6, 6.07) is 9.31. The maximum Gasteiger partial charge on any atom is 0.341 e. The van der Waals surface area contributed by atoms with Gasteiger partial charge in [0, 0.05) is 5.02 Å². The van der Waals surface area contributed by atoms with Crippen molar-refractivity contribution in [3.05, 3.63) is 61.9 Å². The van der Waals surface area contributed by atoms with Gasteiger partial charge in [-0.1, -0.05) is 40.9 Å². The predicted molar refractivity (Wildman–Crippen MR) is 109 cm³/mol. The van der Waals surface area contributed by atoms with Gasteiger partial charge in [0.1, 0.15) is 0 Å². The van der Waals surface area contributed by atoms with Gasteiger partial charge >= 0.3 is 5.97 Å². The second kappa shape index (κ2) is 8.45. The second-order valence-corrected chi connectivity index (χ2v) is 7.74. The Morgan fingerprint density at radius 3 is 2.43 bits per heavy atom. The molecule has 0 bridgehead atoms. The standard InChI is InChI=1S/C18H10Cl3NO5S/c19-10-2-1-3-11(7-10)22-17(25)14(28-18(22)26)6-9-4-12(20)16(13(21)5-9)27-8-15(23)24/h1-7H,8H2,(H,23,24)/b14-6+. The van der Waals surface area contributed by atoms with E-state index in [4.69, 9.17) is 44.6 Å². The van der Waals surface area contributed by atoms with Crippen LogP contribution in [-0.2, 0) is 9.59 Å². The van der Waals surface area contributed by atoms with Crippen LogP contribution in [0.3, 0.4) is 0 Å². The summed E-state index contributed by atoms with van der Waals surface area (Å²) in [6.07, 6.45) is 1.47. The monoisotopic (exact) mass is 457 g/mol. The minimum absolute atomic E-state index is 0.0231. The van der Waals surface area contributed by atoms with Crippen LogP contribution < -0.4 is 9.64 Å². The lowest BCUT2D eigenvalue weighted by molar-refractivity contribution is -0.139. The molecule has 3 rings (SSSR count). The minimum Gasteiger partial charge on any atom is -0.479 e. The van der Waals surface area contributed by atoms with Crippen molar-refractivity contribution in [2.45, 2.75) is 0 Å². The highest BCUT2D eigenvalue weighted by molar-refractivity contribution is 8.19. The molecule has 1 N–H and O–H groups in total. The molecule has 10 heteroatoms. The van der Waals surface area contributed by atoms with Crippen molar-refractivity contribution in [2.24, 2.45) is 0 Å². The summed E-state index contributed by atoms with van der Waals surface area (Å²) in [5.41, 5.74) is 0.821. The number of ether oxygens (including phenoxy) is 1. The normalized spacial score (nSPS) is 15.4. The van der Waals surface area contributed by atoms with Crippen LogP contribution in [0.15, 0.2) is 41.3 Å². The number of rotatable bonds is 5. The Bertz CT molecular complexity index is 1000. The van der Waals surface area contributed by atoms with Crippen LogP contribution in [0.1, 0.15) is 5.56 Å². The Morgan fingerprint density at radius 1 is 1.14 bits per heavy atom. The first-order valence-corrected chi connectivity index (χ1v) is 9.58. The minimum atomic E-state index is -1.18. The Labute approximate surface area is 178 Å². The number of anilines is 1. The first-order valence-electron chi connectivity index (χ1n) is 7.63. The summed E-state index contributed by atoms with van der Waals surface area (Å²) in [5, 5.41) is 8.78. The van der Waals surface area contributed by atoms with E-state index >= 15 is 0 Å². The largest absolute Gasteiger partial charge is 0.479 e. The van der Waals surface area contributed by atoms with Gasteiger partial charge in [0.15, 0.2) is 12.4 Å². The average Bonchev–Trinajstić information content (AvgIpc) is 2.87. The summed E-state index contributed by atoms with van der Waals surface area (Å²) in [6.45, 7) is -0.600. The number of nitrogens with zero attached hydrogens (tertiary/aromatic N) is 1. The van der Waals surface area contributed by atoms with Crippen molar-refractivity contribution in [1.29, 1.82) is 0 Å². The fourth-order valence-electron chi connectivity index (χ4n) is 2.39. The number of carboxylic acid groups (broad SMARTS) is 1. The molecule has 0 aromatic heterocycles. The number of halogens is 3. The van der Waals surface area contributed by atoms with Crippen LogP contribution in [0.5, 0.6) is 5.75 Å². The third kappa shape index (κ3) is 4.44. The molecule has 1 heterocycles. The van der Waals surface area contributed by atoms with Crippen LogP contribution in [0.2, 0.25) is 15.1 Å². The van der Waals surface area contributed by atoms with E-state index in [1.54, 1.807) is 18.2 Å². The number of imide groups is 1. The van der Waals surface area contributed by atoms with Crippen LogP contribution in [0.4, 0.5) is 10.5 Å². The van der Waals surface area contributed by atoms with Crippen molar-refractivity contribution >= 4 is 75.4 Å². The number of hydrogen-bond acceptors (Lipinski definition) is 5. The molecule has 0 saturated carbocycles. The molecule has 0 radical (unpaired) electrons. The molecule has 28 heavy (non-hydrogen) atoms. The highest BCUT2D eigenvalue weighted by atomic mass is 35.5. The Balaban J connectivity index is 1.89. The van der Waals surface area contributed by atoms with E-state index in [0.29, 0.717) is 16.3 Å². The van der Waals surface area contributed by atoms with E-state index in [-0.39, 0.29) is 20.7 Å². The molecule has 2 aromatic rings. The molecule has 1 aliphatic heterocycles. The maximum atomic E-state index is 12.7. The molecule has 1 fully saturated rings. The van der Waals surface area contributed by atoms with Crippen LogP contribution in [-0.4, -0.2) is 28.8 Å². The molecule has 144 valence electrons. The van der Waals surface area contributed by atoms with E-state index in [0.717, 1.165) is 16.7 Å². The highest BCUT2D eigenvalue weighted by Crippen LogP contribution is 2.39. The summed E-state index contributed by atoms with van der Waals surface area (Å²) in [7, 11) is 0. The Morgan fingerprint density at radius 2 is 1.82 bits per heavy atom. The molecule has 0 spiro atoms. The second-order valence-electron chi connectivity index (χ2n) is 5.49. The summed E-state index contributed by atoms with van der Waals surface area (Å²) < 4.78 is 5.05. The molecule has 0 atom stereocenters. The van der Waals surface area contributed by atoms with Gasteiger partial charge in [-0.3, -0.25) is 9.59 Å². The van der Waals surface area contributed by atoms with Crippen LogP contribution >= 0.6 is 46.6 Å².